The predicted octanol–water partition coefficient (Wildman–Crippen LogP) is 1.30. The standard InChI is InChI=1S/C18H23NO6/c1-2-19-13-10-7-11-16(13,8-18(10)23-5-6-24-18)4-3-12-17(11,14(19)20)9-22-15(21)25-12/h10-13H,2-9H2,1H3/t10-,11-,12?,13?,16+,17-/m0/s1. The average Bonchev–Trinajstić information content (AvgIpc) is 3.24. The van der Waals surface area contributed by atoms with Crippen LogP contribution >= 0.6 is 0 Å². The van der Waals surface area contributed by atoms with Crippen molar-refractivity contribution in [3.8, 4) is 0 Å². The van der Waals surface area contributed by atoms with E-state index in [9.17, 15) is 9.59 Å². The van der Waals surface area contributed by atoms with Gasteiger partial charge in [0, 0.05) is 30.3 Å². The lowest BCUT2D eigenvalue weighted by molar-refractivity contribution is -0.241. The number of cyclic esters (lactones) is 1. The largest absolute Gasteiger partial charge is 0.508 e. The van der Waals surface area contributed by atoms with Crippen LogP contribution in [0.15, 0.2) is 0 Å². The summed E-state index contributed by atoms with van der Waals surface area (Å²) >= 11 is 0. The van der Waals surface area contributed by atoms with Gasteiger partial charge in [0.15, 0.2) is 5.79 Å². The van der Waals surface area contributed by atoms with Crippen molar-refractivity contribution in [2.45, 2.75) is 50.5 Å². The Morgan fingerprint density at radius 3 is 2.80 bits per heavy atom. The molecule has 0 aromatic rings. The minimum Gasteiger partial charge on any atom is -0.433 e. The number of hydrogen-bond acceptors (Lipinski definition) is 6. The van der Waals surface area contributed by atoms with Gasteiger partial charge in [0.1, 0.15) is 18.1 Å². The third-order valence-electron chi connectivity index (χ3n) is 8.14. The summed E-state index contributed by atoms with van der Waals surface area (Å²) in [5.41, 5.74) is -0.712. The molecule has 3 aliphatic carbocycles. The van der Waals surface area contributed by atoms with Crippen LogP contribution in [0.5, 0.6) is 0 Å². The minimum absolute atomic E-state index is 0.00251. The molecule has 6 fully saturated rings. The molecule has 7 heteroatoms. The first kappa shape index (κ1) is 14.8. The van der Waals surface area contributed by atoms with Crippen LogP contribution in [-0.2, 0) is 23.7 Å². The highest BCUT2D eigenvalue weighted by Gasteiger charge is 2.83. The molecule has 0 radical (unpaired) electrons. The summed E-state index contributed by atoms with van der Waals surface area (Å²) in [5.74, 6) is -0.00927. The van der Waals surface area contributed by atoms with Gasteiger partial charge < -0.3 is 23.8 Å². The van der Waals surface area contributed by atoms with Gasteiger partial charge in [-0.05, 0) is 32.1 Å². The lowest BCUT2D eigenvalue weighted by Gasteiger charge is -2.62. The number of piperidine rings is 1. The van der Waals surface area contributed by atoms with Crippen LogP contribution in [0.4, 0.5) is 4.79 Å². The van der Waals surface area contributed by atoms with Crippen molar-refractivity contribution in [2.75, 3.05) is 26.4 Å². The number of ether oxygens (including phenoxy) is 4. The number of rotatable bonds is 1. The van der Waals surface area contributed by atoms with Gasteiger partial charge in [0.25, 0.3) is 0 Å². The molecule has 6 rings (SSSR count). The SMILES string of the molecule is CCN1C(=O)[C@]23COC(=O)OC2CC[C@@]24CC5(OCCO5)[C@@H](C[C@@H]23)C14. The third-order valence-corrected chi connectivity index (χ3v) is 8.14. The molecule has 1 amide bonds. The van der Waals surface area contributed by atoms with Crippen molar-refractivity contribution in [2.24, 2.45) is 22.7 Å². The molecule has 2 unspecified atom stereocenters. The van der Waals surface area contributed by atoms with Crippen LogP contribution in [0.25, 0.3) is 0 Å². The molecule has 6 aliphatic rings. The van der Waals surface area contributed by atoms with Gasteiger partial charge in [-0.3, -0.25) is 4.79 Å². The fraction of sp³-hybridized carbons (Fsp3) is 0.889. The highest BCUT2D eigenvalue weighted by molar-refractivity contribution is 5.88. The van der Waals surface area contributed by atoms with Crippen molar-refractivity contribution in [3.63, 3.8) is 0 Å². The first-order chi connectivity index (χ1) is 12.1. The second-order valence-corrected chi connectivity index (χ2v) is 8.57. The summed E-state index contributed by atoms with van der Waals surface area (Å²) < 4.78 is 23.1. The van der Waals surface area contributed by atoms with Crippen LogP contribution in [-0.4, -0.2) is 61.3 Å². The Bertz CT molecular complexity index is 674. The number of nitrogens with zero attached hydrogens (tertiary/aromatic N) is 1. The summed E-state index contributed by atoms with van der Waals surface area (Å²) in [7, 11) is 0. The molecule has 6 atom stereocenters. The molecule has 3 saturated carbocycles. The number of hydrogen-bond donors (Lipinski definition) is 0. The summed E-state index contributed by atoms with van der Waals surface area (Å²) in [6.07, 6.45) is 2.45. The zero-order valence-corrected chi connectivity index (χ0v) is 14.4. The van der Waals surface area contributed by atoms with Gasteiger partial charge >= 0.3 is 6.16 Å². The molecule has 3 saturated heterocycles. The fourth-order valence-electron chi connectivity index (χ4n) is 7.56. The van der Waals surface area contributed by atoms with Crippen molar-refractivity contribution in [1.82, 2.24) is 4.90 Å². The molecular formula is C18H23NO6. The van der Waals surface area contributed by atoms with Crippen LogP contribution in [0, 0.1) is 22.7 Å². The molecule has 3 heterocycles. The number of carbonyl (C=O) groups is 2. The Kier molecular flexibility index (Phi) is 2.55. The van der Waals surface area contributed by atoms with Gasteiger partial charge in [-0.2, -0.15) is 0 Å². The number of fused-ring (bicyclic) bond motifs is 1. The average molecular weight is 349 g/mol. The van der Waals surface area contributed by atoms with Crippen molar-refractivity contribution in [1.29, 1.82) is 0 Å². The number of amides is 1. The van der Waals surface area contributed by atoms with Gasteiger partial charge in [0.05, 0.1) is 13.2 Å². The molecule has 5 bridgehead atoms. The van der Waals surface area contributed by atoms with Crippen molar-refractivity contribution < 1.29 is 28.5 Å². The molecule has 0 N–H and O–H groups in total. The van der Waals surface area contributed by atoms with E-state index < -0.39 is 17.4 Å². The van der Waals surface area contributed by atoms with E-state index in [0.717, 1.165) is 25.7 Å². The number of carbonyl (C=O) groups excluding carboxylic acids is 2. The van der Waals surface area contributed by atoms with E-state index >= 15 is 0 Å². The van der Waals surface area contributed by atoms with E-state index in [2.05, 4.69) is 0 Å². The van der Waals surface area contributed by atoms with Crippen molar-refractivity contribution in [3.05, 3.63) is 0 Å². The highest BCUT2D eigenvalue weighted by Crippen LogP contribution is 2.76. The third kappa shape index (κ3) is 1.38. The first-order valence-corrected chi connectivity index (χ1v) is 9.50. The zero-order valence-electron chi connectivity index (χ0n) is 14.4. The Morgan fingerprint density at radius 1 is 1.24 bits per heavy atom. The molecule has 25 heavy (non-hydrogen) atoms. The molecule has 3 spiro atoms. The maximum absolute atomic E-state index is 13.6. The normalized spacial score (nSPS) is 51.5. The molecule has 0 aromatic heterocycles. The van der Waals surface area contributed by atoms with E-state index in [1.807, 2.05) is 11.8 Å². The molecule has 0 aromatic carbocycles. The Morgan fingerprint density at radius 2 is 2.04 bits per heavy atom. The van der Waals surface area contributed by atoms with E-state index in [1.54, 1.807) is 0 Å². The molecule has 136 valence electrons. The van der Waals surface area contributed by atoms with Crippen LogP contribution < -0.4 is 0 Å². The van der Waals surface area contributed by atoms with Crippen LogP contribution in [0.3, 0.4) is 0 Å². The summed E-state index contributed by atoms with van der Waals surface area (Å²) in [5, 5.41) is 0. The van der Waals surface area contributed by atoms with E-state index in [1.165, 1.54) is 0 Å². The van der Waals surface area contributed by atoms with Gasteiger partial charge in [-0.1, -0.05) is 0 Å². The summed E-state index contributed by atoms with van der Waals surface area (Å²) in [6.45, 7) is 4.13. The second-order valence-electron chi connectivity index (χ2n) is 8.57. The Balaban J connectivity index is 1.52. The lowest BCUT2D eigenvalue weighted by Crippen LogP contribution is -2.72. The van der Waals surface area contributed by atoms with Crippen LogP contribution in [0.2, 0.25) is 0 Å². The maximum Gasteiger partial charge on any atom is 0.508 e. The van der Waals surface area contributed by atoms with Crippen molar-refractivity contribution >= 4 is 12.1 Å². The van der Waals surface area contributed by atoms with Gasteiger partial charge in [-0.15, -0.1) is 0 Å². The monoisotopic (exact) mass is 349 g/mol. The Labute approximate surface area is 145 Å². The fourth-order valence-corrected chi connectivity index (χ4v) is 7.56. The number of likely N-dealkylation sites (tertiary alicyclic amines) is 1. The zero-order chi connectivity index (χ0) is 17.0. The highest BCUT2D eigenvalue weighted by atomic mass is 16.7. The maximum atomic E-state index is 13.6. The van der Waals surface area contributed by atoms with Gasteiger partial charge in [0.2, 0.25) is 5.91 Å². The predicted molar refractivity (Wildman–Crippen MR) is 82.3 cm³/mol. The summed E-state index contributed by atoms with van der Waals surface area (Å²) in [6, 6.07) is 0.178. The smallest absolute Gasteiger partial charge is 0.433 e. The van der Waals surface area contributed by atoms with Crippen LogP contribution in [0.1, 0.15) is 32.6 Å². The lowest BCUT2D eigenvalue weighted by atomic mass is 9.49. The van der Waals surface area contributed by atoms with E-state index in [-0.39, 0.29) is 41.9 Å². The molecular weight excluding hydrogens is 326 g/mol. The summed E-state index contributed by atoms with van der Waals surface area (Å²) in [4.78, 5) is 27.3. The van der Waals surface area contributed by atoms with E-state index in [4.69, 9.17) is 18.9 Å². The van der Waals surface area contributed by atoms with E-state index in [0.29, 0.717) is 19.8 Å². The van der Waals surface area contributed by atoms with Gasteiger partial charge in [-0.25, -0.2) is 4.79 Å². The minimum atomic E-state index is -0.715. The second kappa shape index (κ2) is 4.31. The molecule has 3 aliphatic heterocycles. The molecule has 7 nitrogen and oxygen atoms in total. The topological polar surface area (TPSA) is 74.3 Å². The Hall–Kier alpha value is -1.34. The quantitative estimate of drug-likeness (QED) is 0.665. The first-order valence-electron chi connectivity index (χ1n) is 9.50.